The van der Waals surface area contributed by atoms with Crippen LogP contribution < -0.4 is 11.1 Å². The fraction of sp³-hybridized carbons (Fsp3) is 0.692. The van der Waals surface area contributed by atoms with E-state index < -0.39 is 5.60 Å². The maximum atomic E-state index is 11.9. The lowest BCUT2D eigenvalue weighted by molar-refractivity contribution is 0.00522. The Bertz CT molecular complexity index is 439. The molecule has 106 valence electrons. The minimum absolute atomic E-state index is 0.158. The van der Waals surface area contributed by atoms with Gasteiger partial charge in [0, 0.05) is 11.9 Å². The zero-order valence-corrected chi connectivity index (χ0v) is 12.0. The van der Waals surface area contributed by atoms with Crippen LogP contribution in [0.2, 0.25) is 0 Å². The molecule has 1 atom stereocenters. The van der Waals surface area contributed by atoms with Crippen LogP contribution in [0.3, 0.4) is 0 Å². The number of hydrogen-bond donors (Lipinski definition) is 3. The van der Waals surface area contributed by atoms with Crippen LogP contribution in [0, 0.1) is 0 Å². The van der Waals surface area contributed by atoms with E-state index in [0.717, 1.165) is 30.7 Å². The summed E-state index contributed by atoms with van der Waals surface area (Å²) in [5.74, 6) is -0.234. The molecule has 0 aromatic carbocycles. The molecule has 0 spiro atoms. The van der Waals surface area contributed by atoms with Gasteiger partial charge in [-0.2, -0.15) is 0 Å². The molecule has 0 saturated heterocycles. The Hall–Kier alpha value is -0.980. The molecule has 2 rings (SSSR count). The lowest BCUT2D eigenvalue weighted by atomic mass is 9.85. The van der Waals surface area contributed by atoms with Gasteiger partial charge in [0.05, 0.1) is 11.6 Å². The average molecular weight is 283 g/mol. The molecule has 5 nitrogen and oxygen atoms in total. The van der Waals surface area contributed by atoms with Crippen LogP contribution in [0.25, 0.3) is 0 Å². The predicted octanol–water partition coefficient (Wildman–Crippen LogP) is 1.59. The summed E-state index contributed by atoms with van der Waals surface area (Å²) in [6.45, 7) is 2.14. The highest BCUT2D eigenvalue weighted by atomic mass is 32.1. The van der Waals surface area contributed by atoms with E-state index in [1.165, 1.54) is 17.8 Å². The molecule has 1 fully saturated rings. The van der Waals surface area contributed by atoms with Crippen LogP contribution in [-0.4, -0.2) is 28.1 Å². The van der Waals surface area contributed by atoms with Crippen molar-refractivity contribution in [3.05, 3.63) is 16.1 Å². The first-order valence-corrected chi connectivity index (χ1v) is 7.60. The minimum Gasteiger partial charge on any atom is -0.388 e. The Morgan fingerprint density at radius 2 is 2.26 bits per heavy atom. The number of hydrogen-bond acceptors (Lipinski definition) is 5. The van der Waals surface area contributed by atoms with E-state index in [4.69, 9.17) is 5.73 Å². The van der Waals surface area contributed by atoms with Crippen LogP contribution in [0.4, 0.5) is 0 Å². The Balaban J connectivity index is 1.89. The number of thiazole rings is 1. The number of aromatic nitrogens is 1. The van der Waals surface area contributed by atoms with Crippen LogP contribution in [0.5, 0.6) is 0 Å². The smallest absolute Gasteiger partial charge is 0.270 e. The van der Waals surface area contributed by atoms with E-state index in [2.05, 4.69) is 10.3 Å². The maximum Gasteiger partial charge on any atom is 0.270 e. The second-order valence-electron chi connectivity index (χ2n) is 5.33. The quantitative estimate of drug-likeness (QED) is 0.783. The van der Waals surface area contributed by atoms with Crippen molar-refractivity contribution < 1.29 is 9.90 Å². The highest BCUT2D eigenvalue weighted by molar-refractivity contribution is 7.09. The first-order valence-electron chi connectivity index (χ1n) is 6.72. The van der Waals surface area contributed by atoms with E-state index >= 15 is 0 Å². The Labute approximate surface area is 117 Å². The molecule has 19 heavy (non-hydrogen) atoms. The molecule has 1 heterocycles. The van der Waals surface area contributed by atoms with Gasteiger partial charge in [0.25, 0.3) is 5.91 Å². The number of carbonyl (C=O) groups excluding carboxylic acids is 1. The number of aliphatic hydroxyl groups is 1. The van der Waals surface area contributed by atoms with E-state index in [1.807, 2.05) is 6.92 Å². The minimum atomic E-state index is -0.742. The molecule has 0 aliphatic heterocycles. The number of carbonyl (C=O) groups is 1. The first kappa shape index (κ1) is 14.4. The van der Waals surface area contributed by atoms with Crippen molar-refractivity contribution in [1.82, 2.24) is 10.3 Å². The van der Waals surface area contributed by atoms with Crippen molar-refractivity contribution in [2.75, 3.05) is 6.54 Å². The van der Waals surface area contributed by atoms with Gasteiger partial charge in [-0.25, -0.2) is 4.98 Å². The largest absolute Gasteiger partial charge is 0.388 e. The maximum absolute atomic E-state index is 11.9. The molecular weight excluding hydrogens is 262 g/mol. The monoisotopic (exact) mass is 283 g/mol. The SMILES string of the molecule is CC(N)c1nc(C(=O)NCC2(O)CCCCC2)cs1. The molecule has 1 unspecified atom stereocenters. The van der Waals surface area contributed by atoms with Gasteiger partial charge in [-0.15, -0.1) is 11.3 Å². The molecule has 4 N–H and O–H groups in total. The molecule has 1 aromatic rings. The van der Waals surface area contributed by atoms with Crippen LogP contribution in [-0.2, 0) is 0 Å². The third-order valence-electron chi connectivity index (χ3n) is 3.51. The van der Waals surface area contributed by atoms with Crippen LogP contribution >= 0.6 is 11.3 Å². The fourth-order valence-electron chi connectivity index (χ4n) is 2.32. The van der Waals surface area contributed by atoms with E-state index in [1.54, 1.807) is 5.38 Å². The van der Waals surface area contributed by atoms with Gasteiger partial charge in [0.2, 0.25) is 0 Å². The van der Waals surface area contributed by atoms with Gasteiger partial charge in [-0.05, 0) is 19.8 Å². The van der Waals surface area contributed by atoms with Crippen molar-refractivity contribution in [2.45, 2.75) is 50.7 Å². The number of nitrogens with one attached hydrogen (secondary N) is 1. The van der Waals surface area contributed by atoms with Crippen molar-refractivity contribution in [1.29, 1.82) is 0 Å². The number of amides is 1. The van der Waals surface area contributed by atoms with Gasteiger partial charge in [0.15, 0.2) is 0 Å². The fourth-order valence-corrected chi connectivity index (χ4v) is 3.08. The van der Waals surface area contributed by atoms with E-state index in [9.17, 15) is 9.90 Å². The summed E-state index contributed by atoms with van der Waals surface area (Å²) in [6, 6.07) is -0.158. The first-order chi connectivity index (χ1) is 9.00. The molecule has 1 amide bonds. The Morgan fingerprint density at radius 3 is 2.84 bits per heavy atom. The molecule has 1 aliphatic rings. The van der Waals surface area contributed by atoms with E-state index in [-0.39, 0.29) is 11.9 Å². The molecular formula is C13H21N3O2S. The van der Waals surface area contributed by atoms with Crippen LogP contribution in [0.1, 0.15) is 60.6 Å². The standard InChI is InChI=1S/C13H21N3O2S/c1-9(14)12-16-10(7-19-12)11(17)15-8-13(18)5-3-2-4-6-13/h7,9,18H,2-6,8,14H2,1H3,(H,15,17). The lowest BCUT2D eigenvalue weighted by Gasteiger charge is -2.31. The number of nitrogens with two attached hydrogens (primary N) is 1. The van der Waals surface area contributed by atoms with Gasteiger partial charge in [-0.3, -0.25) is 4.79 Å². The Morgan fingerprint density at radius 1 is 1.58 bits per heavy atom. The highest BCUT2D eigenvalue weighted by Crippen LogP contribution is 2.27. The summed E-state index contributed by atoms with van der Waals surface area (Å²) in [7, 11) is 0. The Kier molecular flexibility index (Phi) is 4.54. The highest BCUT2D eigenvalue weighted by Gasteiger charge is 2.29. The van der Waals surface area contributed by atoms with Gasteiger partial charge in [0.1, 0.15) is 10.7 Å². The second-order valence-corrected chi connectivity index (χ2v) is 6.22. The third kappa shape index (κ3) is 3.75. The molecule has 6 heteroatoms. The molecule has 1 saturated carbocycles. The summed E-state index contributed by atoms with van der Waals surface area (Å²) in [5, 5.41) is 15.5. The predicted molar refractivity (Wildman–Crippen MR) is 75.1 cm³/mol. The normalized spacial score (nSPS) is 19.9. The van der Waals surface area contributed by atoms with Crippen molar-refractivity contribution >= 4 is 17.2 Å². The van der Waals surface area contributed by atoms with Crippen molar-refractivity contribution in [3.8, 4) is 0 Å². The summed E-state index contributed by atoms with van der Waals surface area (Å²) >= 11 is 1.39. The zero-order chi connectivity index (χ0) is 13.9. The molecule has 1 aromatic heterocycles. The number of nitrogens with zero attached hydrogens (tertiary/aromatic N) is 1. The van der Waals surface area contributed by atoms with Crippen LogP contribution in [0.15, 0.2) is 5.38 Å². The summed E-state index contributed by atoms with van der Waals surface area (Å²) in [6.07, 6.45) is 4.74. The topological polar surface area (TPSA) is 88.2 Å². The molecule has 1 aliphatic carbocycles. The average Bonchev–Trinajstić information content (AvgIpc) is 2.87. The van der Waals surface area contributed by atoms with Crippen molar-refractivity contribution in [3.63, 3.8) is 0 Å². The summed E-state index contributed by atoms with van der Waals surface area (Å²) in [5.41, 5.74) is 5.36. The molecule has 0 radical (unpaired) electrons. The van der Waals surface area contributed by atoms with Crippen molar-refractivity contribution in [2.24, 2.45) is 5.73 Å². The van der Waals surface area contributed by atoms with Gasteiger partial charge in [-0.1, -0.05) is 19.3 Å². The lowest BCUT2D eigenvalue weighted by Crippen LogP contribution is -2.44. The summed E-state index contributed by atoms with van der Waals surface area (Å²) < 4.78 is 0. The second kappa shape index (κ2) is 5.98. The third-order valence-corrected chi connectivity index (χ3v) is 4.55. The van der Waals surface area contributed by atoms with Gasteiger partial charge >= 0.3 is 0 Å². The zero-order valence-electron chi connectivity index (χ0n) is 11.2. The molecule has 0 bridgehead atoms. The van der Waals surface area contributed by atoms with E-state index in [0.29, 0.717) is 12.2 Å². The number of rotatable bonds is 4. The van der Waals surface area contributed by atoms with Gasteiger partial charge < -0.3 is 16.2 Å². The summed E-state index contributed by atoms with van der Waals surface area (Å²) in [4.78, 5) is 16.1.